The van der Waals surface area contributed by atoms with Gasteiger partial charge in [-0.15, -0.1) is 0 Å². The van der Waals surface area contributed by atoms with Crippen molar-refractivity contribution >= 4 is 29.4 Å². The van der Waals surface area contributed by atoms with Crippen LogP contribution in [0.3, 0.4) is 0 Å². The molecule has 3 nitrogen and oxygen atoms in total. The SMILES string of the molecule is Clc1cccc(/C=N/N2CCN(Cc3ccccc3)CC2)c1Cl. The van der Waals surface area contributed by atoms with E-state index in [-0.39, 0.29) is 0 Å². The summed E-state index contributed by atoms with van der Waals surface area (Å²) in [7, 11) is 0. The summed E-state index contributed by atoms with van der Waals surface area (Å²) in [6.07, 6.45) is 1.79. The summed E-state index contributed by atoms with van der Waals surface area (Å²) >= 11 is 12.2. The van der Waals surface area contributed by atoms with Crippen LogP contribution >= 0.6 is 23.2 Å². The van der Waals surface area contributed by atoms with E-state index < -0.39 is 0 Å². The number of piperazine rings is 1. The van der Waals surface area contributed by atoms with Gasteiger partial charge in [-0.05, 0) is 11.6 Å². The standard InChI is InChI=1S/C18H19Cl2N3/c19-17-8-4-7-16(18(17)20)13-21-23-11-9-22(10-12-23)14-15-5-2-1-3-6-15/h1-8,13H,9-12,14H2/b21-13+. The Bertz CT molecular complexity index is 665. The fraction of sp³-hybridized carbons (Fsp3) is 0.278. The summed E-state index contributed by atoms with van der Waals surface area (Å²) in [4.78, 5) is 2.45. The van der Waals surface area contributed by atoms with Crippen molar-refractivity contribution in [1.82, 2.24) is 9.91 Å². The number of halogens is 2. The van der Waals surface area contributed by atoms with Gasteiger partial charge in [-0.2, -0.15) is 5.10 Å². The van der Waals surface area contributed by atoms with Crippen LogP contribution in [0.4, 0.5) is 0 Å². The van der Waals surface area contributed by atoms with Crippen LogP contribution in [0.5, 0.6) is 0 Å². The lowest BCUT2D eigenvalue weighted by Gasteiger charge is -2.33. The van der Waals surface area contributed by atoms with E-state index in [0.29, 0.717) is 10.0 Å². The van der Waals surface area contributed by atoms with Crippen molar-refractivity contribution in [3.63, 3.8) is 0 Å². The molecule has 1 aliphatic heterocycles. The van der Waals surface area contributed by atoms with Gasteiger partial charge in [-0.25, -0.2) is 0 Å². The fourth-order valence-corrected chi connectivity index (χ4v) is 2.97. The van der Waals surface area contributed by atoms with E-state index in [1.54, 1.807) is 12.3 Å². The van der Waals surface area contributed by atoms with Crippen LogP contribution < -0.4 is 0 Å². The average Bonchev–Trinajstić information content (AvgIpc) is 2.58. The predicted octanol–water partition coefficient (Wildman–Crippen LogP) is 4.15. The first-order valence-electron chi connectivity index (χ1n) is 7.71. The number of hydrogen-bond donors (Lipinski definition) is 0. The molecule has 1 heterocycles. The van der Waals surface area contributed by atoms with Crippen LogP contribution in [0.1, 0.15) is 11.1 Å². The Kier molecular flexibility index (Phi) is 5.55. The highest BCUT2D eigenvalue weighted by molar-refractivity contribution is 6.43. The fourth-order valence-electron chi connectivity index (χ4n) is 2.62. The summed E-state index contributed by atoms with van der Waals surface area (Å²) in [6.45, 7) is 4.85. The van der Waals surface area contributed by atoms with Crippen LogP contribution in [0.15, 0.2) is 53.6 Å². The van der Waals surface area contributed by atoms with Gasteiger partial charge in [0.15, 0.2) is 0 Å². The number of hydrazone groups is 1. The topological polar surface area (TPSA) is 18.8 Å². The molecule has 5 heteroatoms. The molecule has 120 valence electrons. The third-order valence-corrected chi connectivity index (χ3v) is 4.77. The lowest BCUT2D eigenvalue weighted by molar-refractivity contribution is 0.131. The van der Waals surface area contributed by atoms with Gasteiger partial charge in [0.2, 0.25) is 0 Å². The maximum atomic E-state index is 6.17. The molecule has 1 aliphatic rings. The predicted molar refractivity (Wildman–Crippen MR) is 97.3 cm³/mol. The van der Waals surface area contributed by atoms with Crippen LogP contribution in [0.2, 0.25) is 10.0 Å². The first-order valence-corrected chi connectivity index (χ1v) is 8.47. The normalized spacial score (nSPS) is 16.2. The van der Waals surface area contributed by atoms with Crippen molar-refractivity contribution < 1.29 is 0 Å². The molecular weight excluding hydrogens is 329 g/mol. The zero-order valence-electron chi connectivity index (χ0n) is 12.8. The monoisotopic (exact) mass is 347 g/mol. The number of benzene rings is 2. The minimum absolute atomic E-state index is 0.556. The van der Waals surface area contributed by atoms with Crippen molar-refractivity contribution in [3.8, 4) is 0 Å². The molecule has 0 atom stereocenters. The highest BCUT2D eigenvalue weighted by Crippen LogP contribution is 2.24. The summed E-state index contributed by atoms with van der Waals surface area (Å²) in [5, 5.41) is 7.73. The molecule has 0 aliphatic carbocycles. The smallest absolute Gasteiger partial charge is 0.0680 e. The number of hydrogen-bond acceptors (Lipinski definition) is 3. The molecule has 0 spiro atoms. The van der Waals surface area contributed by atoms with E-state index in [0.717, 1.165) is 38.3 Å². The Morgan fingerprint density at radius 1 is 0.913 bits per heavy atom. The lowest BCUT2D eigenvalue weighted by atomic mass is 10.2. The first kappa shape index (κ1) is 16.3. The zero-order valence-corrected chi connectivity index (χ0v) is 14.3. The zero-order chi connectivity index (χ0) is 16.1. The Morgan fingerprint density at radius 2 is 1.65 bits per heavy atom. The van der Waals surface area contributed by atoms with E-state index in [4.69, 9.17) is 23.2 Å². The van der Waals surface area contributed by atoms with Gasteiger partial charge in [0, 0.05) is 38.3 Å². The van der Waals surface area contributed by atoms with Gasteiger partial charge in [0.1, 0.15) is 0 Å². The number of rotatable bonds is 4. The molecule has 23 heavy (non-hydrogen) atoms. The van der Waals surface area contributed by atoms with E-state index in [2.05, 4.69) is 45.3 Å². The highest BCUT2D eigenvalue weighted by Gasteiger charge is 2.15. The molecule has 2 aromatic rings. The third kappa shape index (κ3) is 4.47. The first-order chi connectivity index (χ1) is 11.2. The minimum atomic E-state index is 0.556. The quantitative estimate of drug-likeness (QED) is 0.773. The second kappa shape index (κ2) is 7.82. The van der Waals surface area contributed by atoms with E-state index in [1.165, 1.54) is 5.56 Å². The van der Waals surface area contributed by atoms with Gasteiger partial charge >= 0.3 is 0 Å². The Morgan fingerprint density at radius 3 is 2.39 bits per heavy atom. The van der Waals surface area contributed by atoms with Crippen molar-refractivity contribution in [2.24, 2.45) is 5.10 Å². The summed E-state index contributed by atoms with van der Waals surface area (Å²) in [6, 6.07) is 16.2. The van der Waals surface area contributed by atoms with Crippen LogP contribution in [-0.4, -0.2) is 42.3 Å². The third-order valence-electron chi connectivity index (χ3n) is 3.94. The number of nitrogens with zero attached hydrogens (tertiary/aromatic N) is 3. The molecule has 3 rings (SSSR count). The van der Waals surface area contributed by atoms with Crippen LogP contribution in [0.25, 0.3) is 0 Å². The van der Waals surface area contributed by atoms with E-state index in [1.807, 2.05) is 12.1 Å². The van der Waals surface area contributed by atoms with Gasteiger partial charge < -0.3 is 0 Å². The largest absolute Gasteiger partial charge is 0.295 e. The molecule has 0 bridgehead atoms. The van der Waals surface area contributed by atoms with Gasteiger partial charge in [-0.3, -0.25) is 9.91 Å². The maximum Gasteiger partial charge on any atom is 0.0680 e. The van der Waals surface area contributed by atoms with Crippen molar-refractivity contribution in [1.29, 1.82) is 0 Å². The molecule has 0 aromatic heterocycles. The minimum Gasteiger partial charge on any atom is -0.295 e. The molecular formula is C18H19Cl2N3. The molecule has 1 fully saturated rings. The van der Waals surface area contributed by atoms with Gasteiger partial charge in [0.25, 0.3) is 0 Å². The van der Waals surface area contributed by atoms with E-state index >= 15 is 0 Å². The lowest BCUT2D eigenvalue weighted by Crippen LogP contribution is -2.43. The van der Waals surface area contributed by atoms with Crippen LogP contribution in [-0.2, 0) is 6.54 Å². The Labute approximate surface area is 147 Å². The summed E-state index contributed by atoms with van der Waals surface area (Å²) in [5.74, 6) is 0. The molecule has 0 saturated carbocycles. The average molecular weight is 348 g/mol. The maximum absolute atomic E-state index is 6.17. The molecule has 0 N–H and O–H groups in total. The van der Waals surface area contributed by atoms with Crippen LogP contribution in [0, 0.1) is 0 Å². The molecule has 2 aromatic carbocycles. The van der Waals surface area contributed by atoms with Gasteiger partial charge in [-0.1, -0.05) is 65.7 Å². The second-order valence-corrected chi connectivity index (χ2v) is 6.39. The molecule has 0 radical (unpaired) electrons. The highest BCUT2D eigenvalue weighted by atomic mass is 35.5. The summed E-state index contributed by atoms with van der Waals surface area (Å²) < 4.78 is 0. The van der Waals surface area contributed by atoms with Crippen molar-refractivity contribution in [2.45, 2.75) is 6.54 Å². The van der Waals surface area contributed by atoms with E-state index in [9.17, 15) is 0 Å². The Hall–Kier alpha value is -1.55. The van der Waals surface area contributed by atoms with Gasteiger partial charge in [0.05, 0.1) is 16.3 Å². The summed E-state index contributed by atoms with van der Waals surface area (Å²) in [5.41, 5.74) is 2.21. The molecule has 0 unspecified atom stereocenters. The molecule has 1 saturated heterocycles. The second-order valence-electron chi connectivity index (χ2n) is 5.60. The molecule has 0 amide bonds. The Balaban J connectivity index is 1.53. The van der Waals surface area contributed by atoms with Crippen molar-refractivity contribution in [2.75, 3.05) is 26.2 Å². The van der Waals surface area contributed by atoms with Crippen molar-refractivity contribution in [3.05, 3.63) is 69.7 Å².